The molecule has 2 rings (SSSR count). The average molecular weight is 210 g/mol. The lowest BCUT2D eigenvalue weighted by molar-refractivity contribution is 0.306. The van der Waals surface area contributed by atoms with Crippen molar-refractivity contribution in [1.82, 2.24) is 0 Å². The molecule has 0 radical (unpaired) electrons. The molecular formula is C14H11NO. The highest BCUT2D eigenvalue weighted by Crippen LogP contribution is 2.13. The monoisotopic (exact) mass is 210 g/mol. The van der Waals surface area contributed by atoms with Gasteiger partial charge in [-0.3, -0.25) is 0 Å². The fourth-order valence-corrected chi connectivity index (χ4v) is 1.37. The Bertz CT molecular complexity index is 482. The molecule has 2 heteroatoms. The third-order valence-corrected chi connectivity index (χ3v) is 2.23. The lowest BCUT2D eigenvalue weighted by atomic mass is 10.2. The maximum atomic E-state index is 8.65. The molecule has 0 saturated heterocycles. The van der Waals surface area contributed by atoms with Crippen LogP contribution in [-0.2, 0) is 6.61 Å². The first-order valence-electron chi connectivity index (χ1n) is 5.05. The van der Waals surface area contributed by atoms with Crippen LogP contribution in [0.2, 0.25) is 0 Å². The van der Waals surface area contributed by atoms with Crippen molar-refractivity contribution in [3.05, 3.63) is 65.7 Å². The van der Waals surface area contributed by atoms with Gasteiger partial charge in [-0.05, 0) is 29.8 Å². The minimum atomic E-state index is 0.548. The van der Waals surface area contributed by atoms with Gasteiger partial charge in [0.2, 0.25) is 0 Å². The van der Waals surface area contributed by atoms with Gasteiger partial charge >= 0.3 is 0 Å². The highest BCUT2D eigenvalue weighted by Gasteiger charge is 1.95. The molecule has 0 unspecified atom stereocenters. The number of benzene rings is 2. The van der Waals surface area contributed by atoms with Gasteiger partial charge in [0.1, 0.15) is 12.4 Å². The van der Waals surface area contributed by atoms with E-state index in [9.17, 15) is 0 Å². The summed E-state index contributed by atoms with van der Waals surface area (Å²) in [6.45, 7) is 0.548. The first kappa shape index (κ1) is 10.3. The van der Waals surface area contributed by atoms with Crippen molar-refractivity contribution in [1.29, 1.82) is 5.26 Å². The summed E-state index contributed by atoms with van der Waals surface area (Å²) in [4.78, 5) is 0. The maximum absolute atomic E-state index is 8.65. The second-order valence-electron chi connectivity index (χ2n) is 3.41. The summed E-state index contributed by atoms with van der Waals surface area (Å²) in [5, 5.41) is 8.65. The summed E-state index contributed by atoms with van der Waals surface area (Å²) >= 11 is 0. The Hall–Kier alpha value is -2.27. The maximum Gasteiger partial charge on any atom is 0.119 e. The van der Waals surface area contributed by atoms with Gasteiger partial charge in [0.15, 0.2) is 0 Å². The zero-order chi connectivity index (χ0) is 11.2. The van der Waals surface area contributed by atoms with E-state index in [0.717, 1.165) is 11.3 Å². The fraction of sp³-hybridized carbons (Fsp3) is 0.0714. The Morgan fingerprint density at radius 3 is 2.25 bits per heavy atom. The van der Waals surface area contributed by atoms with Crippen molar-refractivity contribution >= 4 is 0 Å². The number of rotatable bonds is 3. The van der Waals surface area contributed by atoms with Gasteiger partial charge in [-0.25, -0.2) is 0 Å². The normalized spacial score (nSPS) is 9.44. The predicted molar refractivity (Wildman–Crippen MR) is 61.9 cm³/mol. The van der Waals surface area contributed by atoms with Gasteiger partial charge in [-0.1, -0.05) is 30.3 Å². The van der Waals surface area contributed by atoms with E-state index in [1.165, 1.54) is 0 Å². The molecule has 0 spiro atoms. The topological polar surface area (TPSA) is 33.0 Å². The third-order valence-electron chi connectivity index (χ3n) is 2.23. The number of ether oxygens (including phenoxy) is 1. The molecule has 78 valence electrons. The second-order valence-corrected chi connectivity index (χ2v) is 3.41. The quantitative estimate of drug-likeness (QED) is 0.729. The van der Waals surface area contributed by atoms with Crippen LogP contribution in [0.1, 0.15) is 11.1 Å². The van der Waals surface area contributed by atoms with Crippen LogP contribution in [0, 0.1) is 11.3 Å². The SMILES string of the molecule is N#[13C]c1ccc(OCc2ccccc2)cc1. The van der Waals surface area contributed by atoms with Crippen molar-refractivity contribution < 1.29 is 4.74 Å². The molecule has 0 heterocycles. The molecule has 2 aromatic carbocycles. The van der Waals surface area contributed by atoms with Crippen LogP contribution in [0.15, 0.2) is 54.6 Å². The van der Waals surface area contributed by atoms with E-state index in [2.05, 4.69) is 6.07 Å². The van der Waals surface area contributed by atoms with E-state index in [1.54, 1.807) is 12.1 Å². The molecule has 0 aromatic heterocycles. The summed E-state index contributed by atoms with van der Waals surface area (Å²) in [5.74, 6) is 0.780. The van der Waals surface area contributed by atoms with E-state index in [1.807, 2.05) is 42.5 Å². The van der Waals surface area contributed by atoms with Crippen molar-refractivity contribution in [2.45, 2.75) is 6.61 Å². The Balaban J connectivity index is 1.98. The van der Waals surface area contributed by atoms with Crippen LogP contribution in [0.3, 0.4) is 0 Å². The Kier molecular flexibility index (Phi) is 3.20. The van der Waals surface area contributed by atoms with Crippen LogP contribution >= 0.6 is 0 Å². The minimum absolute atomic E-state index is 0.548. The summed E-state index contributed by atoms with van der Waals surface area (Å²) in [5.41, 5.74) is 1.78. The zero-order valence-corrected chi connectivity index (χ0v) is 8.76. The molecule has 0 N–H and O–H groups in total. The molecule has 0 aliphatic rings. The van der Waals surface area contributed by atoms with Crippen molar-refractivity contribution in [2.24, 2.45) is 0 Å². The second kappa shape index (κ2) is 4.99. The largest absolute Gasteiger partial charge is 0.489 e. The number of nitriles is 1. The Morgan fingerprint density at radius 1 is 0.938 bits per heavy atom. The highest BCUT2D eigenvalue weighted by molar-refractivity contribution is 5.34. The first-order valence-corrected chi connectivity index (χ1v) is 5.05. The summed E-state index contributed by atoms with van der Waals surface area (Å²) < 4.78 is 5.58. The molecule has 0 aliphatic carbocycles. The molecule has 0 fully saturated rings. The summed E-state index contributed by atoms with van der Waals surface area (Å²) in [6, 6.07) is 19.2. The first-order chi connectivity index (χ1) is 7.88. The van der Waals surface area contributed by atoms with Gasteiger partial charge in [-0.15, -0.1) is 0 Å². The number of hydrogen-bond acceptors (Lipinski definition) is 2. The fourth-order valence-electron chi connectivity index (χ4n) is 1.37. The molecule has 16 heavy (non-hydrogen) atoms. The standard InChI is InChI=1S/C14H11NO/c15-10-12-6-8-14(9-7-12)16-11-13-4-2-1-3-5-13/h1-9H,11H2/i10+1. The van der Waals surface area contributed by atoms with Crippen LogP contribution in [0.4, 0.5) is 0 Å². The molecule has 2 aromatic rings. The van der Waals surface area contributed by atoms with Crippen molar-refractivity contribution in [3.8, 4) is 11.8 Å². The van der Waals surface area contributed by atoms with E-state index >= 15 is 0 Å². The van der Waals surface area contributed by atoms with Gasteiger partial charge in [0.05, 0.1) is 11.6 Å². The van der Waals surface area contributed by atoms with Gasteiger partial charge in [0, 0.05) is 0 Å². The molecule has 0 saturated carbocycles. The van der Waals surface area contributed by atoms with Crippen LogP contribution in [0.5, 0.6) is 5.75 Å². The highest BCUT2D eigenvalue weighted by atomic mass is 16.5. The average Bonchev–Trinajstić information content (AvgIpc) is 2.38. The molecule has 0 amide bonds. The van der Waals surface area contributed by atoms with Crippen molar-refractivity contribution in [3.63, 3.8) is 0 Å². The third kappa shape index (κ3) is 2.61. The van der Waals surface area contributed by atoms with Crippen LogP contribution in [-0.4, -0.2) is 0 Å². The van der Waals surface area contributed by atoms with Gasteiger partial charge < -0.3 is 4.74 Å². The van der Waals surface area contributed by atoms with Crippen molar-refractivity contribution in [2.75, 3.05) is 0 Å². The molecule has 0 atom stereocenters. The molecular weight excluding hydrogens is 199 g/mol. The summed E-state index contributed by atoms with van der Waals surface area (Å²) in [6.07, 6.45) is 0. The number of nitrogens with zero attached hydrogens (tertiary/aromatic N) is 1. The van der Waals surface area contributed by atoms with E-state index < -0.39 is 0 Å². The van der Waals surface area contributed by atoms with E-state index in [4.69, 9.17) is 10.00 Å². The van der Waals surface area contributed by atoms with Gasteiger partial charge in [-0.2, -0.15) is 5.26 Å². The smallest absolute Gasteiger partial charge is 0.119 e. The Labute approximate surface area is 94.7 Å². The Morgan fingerprint density at radius 2 is 1.62 bits per heavy atom. The van der Waals surface area contributed by atoms with Crippen LogP contribution in [0.25, 0.3) is 0 Å². The van der Waals surface area contributed by atoms with E-state index in [0.29, 0.717) is 12.2 Å². The summed E-state index contributed by atoms with van der Waals surface area (Å²) in [7, 11) is 0. The lowest BCUT2D eigenvalue weighted by Gasteiger charge is -2.05. The minimum Gasteiger partial charge on any atom is -0.489 e. The van der Waals surface area contributed by atoms with E-state index in [-0.39, 0.29) is 0 Å². The molecule has 0 bridgehead atoms. The van der Waals surface area contributed by atoms with Gasteiger partial charge in [0.25, 0.3) is 0 Å². The molecule has 0 aliphatic heterocycles. The number of hydrogen-bond donors (Lipinski definition) is 0. The van der Waals surface area contributed by atoms with Crippen LogP contribution < -0.4 is 4.74 Å². The molecule has 2 nitrogen and oxygen atoms in total. The zero-order valence-electron chi connectivity index (χ0n) is 8.76. The lowest BCUT2D eigenvalue weighted by Crippen LogP contribution is -1.94. The predicted octanol–water partition coefficient (Wildman–Crippen LogP) is 3.14.